The maximum Gasteiger partial charge on any atom is 0.292 e. The van der Waals surface area contributed by atoms with E-state index in [-0.39, 0.29) is 36.7 Å². The fourth-order valence-corrected chi connectivity index (χ4v) is 4.37. The van der Waals surface area contributed by atoms with E-state index in [2.05, 4.69) is 5.32 Å². The number of aliphatic hydroxyl groups is 1. The Morgan fingerprint density at radius 2 is 2.08 bits per heavy atom. The normalized spacial score (nSPS) is 27.9. The standard InChI is InChI=1S/C17H23N3O4/c1-19(14-4-2-3-5-15(14)20(23)24)9-16(22)18-17-12-7-6-11(8-12)13(17)10-21/h2-5,11-13,17,21H,6-10H2,1H3,(H,18,22). The highest BCUT2D eigenvalue weighted by molar-refractivity contribution is 5.82. The first kappa shape index (κ1) is 16.7. The molecule has 2 bridgehead atoms. The molecule has 2 fully saturated rings. The van der Waals surface area contributed by atoms with Crippen LogP contribution in [-0.2, 0) is 4.79 Å². The first-order chi connectivity index (χ1) is 11.5. The molecule has 7 heteroatoms. The van der Waals surface area contributed by atoms with Crippen molar-refractivity contribution in [2.24, 2.45) is 17.8 Å². The Morgan fingerprint density at radius 3 is 2.79 bits per heavy atom. The number of nitro benzene ring substituents is 1. The van der Waals surface area contributed by atoms with Gasteiger partial charge in [-0.2, -0.15) is 0 Å². The zero-order chi connectivity index (χ0) is 17.3. The number of carbonyl (C=O) groups excluding carboxylic acids is 1. The average Bonchev–Trinajstić information content (AvgIpc) is 3.15. The van der Waals surface area contributed by atoms with Crippen LogP contribution in [0.1, 0.15) is 19.3 Å². The van der Waals surface area contributed by atoms with Crippen molar-refractivity contribution >= 4 is 17.3 Å². The quantitative estimate of drug-likeness (QED) is 0.608. The maximum atomic E-state index is 12.4. The molecule has 0 aliphatic heterocycles. The molecule has 1 aromatic rings. The van der Waals surface area contributed by atoms with E-state index in [0.29, 0.717) is 17.5 Å². The summed E-state index contributed by atoms with van der Waals surface area (Å²) in [5.74, 6) is 0.946. The van der Waals surface area contributed by atoms with Gasteiger partial charge in [-0.25, -0.2) is 0 Å². The molecule has 3 rings (SSSR count). The van der Waals surface area contributed by atoms with Crippen LogP contribution in [-0.4, -0.2) is 42.2 Å². The van der Waals surface area contributed by atoms with Crippen LogP contribution in [0.4, 0.5) is 11.4 Å². The van der Waals surface area contributed by atoms with Crippen molar-refractivity contribution in [2.75, 3.05) is 25.1 Å². The summed E-state index contributed by atoms with van der Waals surface area (Å²) in [4.78, 5) is 24.7. The van der Waals surface area contributed by atoms with Crippen LogP contribution < -0.4 is 10.2 Å². The first-order valence-corrected chi connectivity index (χ1v) is 8.36. The van der Waals surface area contributed by atoms with Crippen molar-refractivity contribution < 1.29 is 14.8 Å². The monoisotopic (exact) mass is 333 g/mol. The highest BCUT2D eigenvalue weighted by Gasteiger charge is 2.47. The van der Waals surface area contributed by atoms with E-state index in [9.17, 15) is 20.0 Å². The van der Waals surface area contributed by atoms with Gasteiger partial charge in [0.2, 0.25) is 5.91 Å². The van der Waals surface area contributed by atoms with Gasteiger partial charge in [-0.15, -0.1) is 0 Å². The number of hydrogen-bond donors (Lipinski definition) is 2. The van der Waals surface area contributed by atoms with Gasteiger partial charge in [0.25, 0.3) is 5.69 Å². The van der Waals surface area contributed by atoms with Crippen molar-refractivity contribution in [3.8, 4) is 0 Å². The van der Waals surface area contributed by atoms with E-state index in [1.807, 2.05) is 0 Å². The summed E-state index contributed by atoms with van der Waals surface area (Å²) in [6, 6.07) is 6.42. The maximum absolute atomic E-state index is 12.4. The Bertz CT molecular complexity index is 636. The van der Waals surface area contributed by atoms with Crippen molar-refractivity contribution in [1.82, 2.24) is 5.32 Å². The summed E-state index contributed by atoms with van der Waals surface area (Å²) in [6.45, 7) is 0.156. The molecule has 0 radical (unpaired) electrons. The topological polar surface area (TPSA) is 95.7 Å². The van der Waals surface area contributed by atoms with Crippen LogP contribution in [0.5, 0.6) is 0 Å². The van der Waals surface area contributed by atoms with Gasteiger partial charge < -0.3 is 15.3 Å². The van der Waals surface area contributed by atoms with Crippen LogP contribution in [0.3, 0.4) is 0 Å². The number of nitro groups is 1. The predicted octanol–water partition coefficient (Wildman–Crippen LogP) is 1.55. The predicted molar refractivity (Wildman–Crippen MR) is 89.7 cm³/mol. The summed E-state index contributed by atoms with van der Waals surface area (Å²) in [6.07, 6.45) is 3.32. The highest BCUT2D eigenvalue weighted by atomic mass is 16.6. The third-order valence-corrected chi connectivity index (χ3v) is 5.50. The molecular formula is C17H23N3O4. The lowest BCUT2D eigenvalue weighted by Crippen LogP contribution is -2.48. The largest absolute Gasteiger partial charge is 0.396 e. The van der Waals surface area contributed by atoms with Crippen molar-refractivity contribution in [3.63, 3.8) is 0 Å². The molecule has 0 saturated heterocycles. The van der Waals surface area contributed by atoms with E-state index >= 15 is 0 Å². The first-order valence-electron chi connectivity index (χ1n) is 8.36. The Labute approximate surface area is 140 Å². The van der Waals surface area contributed by atoms with Gasteiger partial charge >= 0.3 is 0 Å². The van der Waals surface area contributed by atoms with Gasteiger partial charge in [-0.05, 0) is 37.2 Å². The number of nitrogens with zero attached hydrogens (tertiary/aromatic N) is 2. The molecule has 2 aliphatic rings. The average molecular weight is 333 g/mol. The number of likely N-dealkylation sites (N-methyl/N-ethyl adjacent to an activating group) is 1. The second-order valence-corrected chi connectivity index (χ2v) is 6.87. The molecule has 2 N–H and O–H groups in total. The molecule has 0 spiro atoms. The number of anilines is 1. The fourth-order valence-electron chi connectivity index (χ4n) is 4.37. The van der Waals surface area contributed by atoms with E-state index in [1.165, 1.54) is 6.07 Å². The molecule has 1 amide bonds. The van der Waals surface area contributed by atoms with Crippen LogP contribution in [0.25, 0.3) is 0 Å². The van der Waals surface area contributed by atoms with Crippen LogP contribution in [0.15, 0.2) is 24.3 Å². The molecule has 130 valence electrons. The van der Waals surface area contributed by atoms with Gasteiger partial charge in [0.15, 0.2) is 0 Å². The fraction of sp³-hybridized carbons (Fsp3) is 0.588. The molecule has 4 atom stereocenters. The van der Waals surface area contributed by atoms with E-state index in [4.69, 9.17) is 0 Å². The van der Waals surface area contributed by atoms with Crippen molar-refractivity contribution in [3.05, 3.63) is 34.4 Å². The van der Waals surface area contributed by atoms with E-state index in [0.717, 1.165) is 19.3 Å². The molecule has 0 heterocycles. The molecule has 4 unspecified atom stereocenters. The van der Waals surface area contributed by atoms with Crippen molar-refractivity contribution in [1.29, 1.82) is 0 Å². The Kier molecular flexibility index (Phi) is 4.71. The summed E-state index contributed by atoms with van der Waals surface area (Å²) in [5.41, 5.74) is 0.408. The Hall–Kier alpha value is -2.15. The summed E-state index contributed by atoms with van der Waals surface area (Å²) >= 11 is 0. The number of nitrogens with one attached hydrogen (secondary N) is 1. The molecule has 2 saturated carbocycles. The Morgan fingerprint density at radius 1 is 1.38 bits per heavy atom. The third-order valence-electron chi connectivity index (χ3n) is 5.50. The van der Waals surface area contributed by atoms with Gasteiger partial charge in [0, 0.05) is 31.7 Å². The highest BCUT2D eigenvalue weighted by Crippen LogP contribution is 2.48. The summed E-state index contributed by atoms with van der Waals surface area (Å²) < 4.78 is 0. The van der Waals surface area contributed by atoms with Crippen molar-refractivity contribution in [2.45, 2.75) is 25.3 Å². The SMILES string of the molecule is CN(CC(=O)NC1C2CCC(C2)C1CO)c1ccccc1[N+](=O)[O-]. The summed E-state index contributed by atoms with van der Waals surface area (Å²) in [7, 11) is 1.67. The second-order valence-electron chi connectivity index (χ2n) is 6.87. The lowest BCUT2D eigenvalue weighted by molar-refractivity contribution is -0.384. The number of amides is 1. The smallest absolute Gasteiger partial charge is 0.292 e. The van der Waals surface area contributed by atoms with Gasteiger partial charge in [0.1, 0.15) is 5.69 Å². The summed E-state index contributed by atoms with van der Waals surface area (Å²) in [5, 5.41) is 23.8. The Balaban J connectivity index is 1.64. The van der Waals surface area contributed by atoms with Crippen LogP contribution in [0, 0.1) is 27.9 Å². The minimum Gasteiger partial charge on any atom is -0.396 e. The van der Waals surface area contributed by atoms with E-state index in [1.54, 1.807) is 30.1 Å². The van der Waals surface area contributed by atoms with Gasteiger partial charge in [-0.3, -0.25) is 14.9 Å². The lowest BCUT2D eigenvalue weighted by Gasteiger charge is -2.31. The zero-order valence-corrected chi connectivity index (χ0v) is 13.7. The van der Waals surface area contributed by atoms with Crippen LogP contribution in [0.2, 0.25) is 0 Å². The molecule has 24 heavy (non-hydrogen) atoms. The number of fused-ring (bicyclic) bond motifs is 2. The van der Waals surface area contributed by atoms with E-state index < -0.39 is 4.92 Å². The van der Waals surface area contributed by atoms with Crippen LogP contribution >= 0.6 is 0 Å². The van der Waals surface area contributed by atoms with Gasteiger partial charge in [0.05, 0.1) is 11.5 Å². The molecule has 7 nitrogen and oxygen atoms in total. The van der Waals surface area contributed by atoms with Gasteiger partial charge in [-0.1, -0.05) is 12.1 Å². The number of rotatable bonds is 6. The minimum absolute atomic E-state index is 0.0130. The number of aliphatic hydroxyl groups excluding tert-OH is 1. The lowest BCUT2D eigenvalue weighted by atomic mass is 9.85. The third kappa shape index (κ3) is 3.08. The molecule has 1 aromatic carbocycles. The zero-order valence-electron chi connectivity index (χ0n) is 13.7. The number of para-hydroxylation sites is 2. The molecule has 2 aliphatic carbocycles. The number of carbonyl (C=O) groups is 1. The minimum atomic E-state index is -0.443. The second kappa shape index (κ2) is 6.76. The molecular weight excluding hydrogens is 310 g/mol. The molecule has 0 aromatic heterocycles. The number of hydrogen-bond acceptors (Lipinski definition) is 5. The number of benzene rings is 1.